The van der Waals surface area contributed by atoms with Gasteiger partial charge in [0.05, 0.1) is 30.0 Å². The third kappa shape index (κ3) is 7.03. The number of rotatable bonds is 14. The Balaban J connectivity index is 1.45. The number of aromatic nitrogens is 2. The van der Waals surface area contributed by atoms with Crippen LogP contribution in [-0.4, -0.2) is 35.6 Å². The molecule has 11 heteroatoms. The van der Waals surface area contributed by atoms with Gasteiger partial charge in [0.25, 0.3) is 0 Å². The predicted octanol–water partition coefficient (Wildman–Crippen LogP) is 5.83. The van der Waals surface area contributed by atoms with Crippen LogP contribution in [-0.2, 0) is 28.8 Å². The van der Waals surface area contributed by atoms with Gasteiger partial charge in [0, 0.05) is 24.9 Å². The van der Waals surface area contributed by atoms with Gasteiger partial charge in [0.15, 0.2) is 0 Å². The van der Waals surface area contributed by atoms with E-state index in [0.717, 1.165) is 36.9 Å². The minimum absolute atomic E-state index is 0.0665. The van der Waals surface area contributed by atoms with Gasteiger partial charge in [0.2, 0.25) is 0 Å². The van der Waals surface area contributed by atoms with Gasteiger partial charge in [-0.05, 0) is 78.6 Å². The van der Waals surface area contributed by atoms with E-state index >= 15 is 4.39 Å². The number of alkyl halides is 3. The predicted molar refractivity (Wildman–Crippen MR) is 153 cm³/mol. The molecule has 224 valence electrons. The molecule has 1 fully saturated rings. The fourth-order valence-electron chi connectivity index (χ4n) is 5.09. The third-order valence-corrected chi connectivity index (χ3v) is 7.57. The van der Waals surface area contributed by atoms with Crippen LogP contribution in [0.5, 0.6) is 0 Å². The molecule has 1 saturated carbocycles. The van der Waals surface area contributed by atoms with Gasteiger partial charge in [-0.3, -0.25) is 15.6 Å². The van der Waals surface area contributed by atoms with Crippen molar-refractivity contribution in [3.8, 4) is 11.3 Å². The minimum Gasteiger partial charge on any atom is -0.500 e. The monoisotopic (exact) mass is 585 g/mol. The van der Waals surface area contributed by atoms with Crippen LogP contribution in [0.25, 0.3) is 22.3 Å². The topological polar surface area (TPSA) is 102 Å². The van der Waals surface area contributed by atoms with Gasteiger partial charge in [0.1, 0.15) is 22.8 Å². The van der Waals surface area contributed by atoms with Crippen LogP contribution in [0.1, 0.15) is 49.3 Å². The highest BCUT2D eigenvalue weighted by molar-refractivity contribution is 5.84. The van der Waals surface area contributed by atoms with E-state index in [1.165, 1.54) is 30.9 Å². The number of carbonyl (C=O) groups is 1. The number of hydrogen-bond donors (Lipinski definition) is 3. The van der Waals surface area contributed by atoms with Crippen LogP contribution < -0.4 is 16.8 Å². The molecule has 3 aromatic rings. The summed E-state index contributed by atoms with van der Waals surface area (Å²) in [6, 6.07) is 8.54. The normalized spacial score (nSPS) is 14.7. The molecule has 0 saturated heterocycles. The van der Waals surface area contributed by atoms with Gasteiger partial charge in [-0.2, -0.15) is 18.7 Å². The number of ether oxygens (including phenoxy) is 1. The van der Waals surface area contributed by atoms with Crippen molar-refractivity contribution in [2.75, 3.05) is 13.7 Å². The van der Waals surface area contributed by atoms with E-state index < -0.39 is 17.4 Å². The molecule has 7 nitrogen and oxygen atoms in total. The first-order chi connectivity index (χ1) is 20.0. The molecule has 0 radical (unpaired) electrons. The maximum atomic E-state index is 15.1. The fourth-order valence-corrected chi connectivity index (χ4v) is 5.09. The molecular weight excluding hydrogens is 550 g/mol. The lowest BCUT2D eigenvalue weighted by Crippen LogP contribution is -2.38. The largest absolute Gasteiger partial charge is 0.500 e. The lowest BCUT2D eigenvalue weighted by molar-refractivity contribution is -0.184. The molecule has 1 aliphatic rings. The number of hydrazine groups is 2. The van der Waals surface area contributed by atoms with E-state index in [4.69, 9.17) is 15.6 Å². The van der Waals surface area contributed by atoms with Crippen molar-refractivity contribution in [2.24, 2.45) is 11.3 Å². The number of ketones is 1. The Labute approximate surface area is 242 Å². The van der Waals surface area contributed by atoms with Crippen LogP contribution in [0.4, 0.5) is 17.6 Å². The van der Waals surface area contributed by atoms with Crippen LogP contribution in [0.3, 0.4) is 0 Å². The van der Waals surface area contributed by atoms with E-state index in [0.29, 0.717) is 16.8 Å². The molecule has 0 aliphatic heterocycles. The first kappa shape index (κ1) is 31.3. The van der Waals surface area contributed by atoms with E-state index in [2.05, 4.69) is 29.4 Å². The van der Waals surface area contributed by atoms with Gasteiger partial charge in [-0.25, -0.2) is 14.8 Å². The summed E-state index contributed by atoms with van der Waals surface area (Å²) < 4.78 is 60.4. The average molecular weight is 586 g/mol. The number of nitrogens with zero attached hydrogens (tertiary/aromatic N) is 2. The zero-order valence-electron chi connectivity index (χ0n) is 23.7. The molecule has 0 amide bonds. The number of methoxy groups -OCH3 is 1. The Hall–Kier alpha value is -3.67. The summed E-state index contributed by atoms with van der Waals surface area (Å²) >= 11 is 0. The molecule has 4 N–H and O–H groups in total. The molecule has 0 atom stereocenters. The van der Waals surface area contributed by atoms with Crippen molar-refractivity contribution in [3.05, 3.63) is 83.0 Å². The summed E-state index contributed by atoms with van der Waals surface area (Å²) in [6.07, 6.45) is 0.319. The second kappa shape index (κ2) is 13.1. The average Bonchev–Trinajstić information content (AvgIpc) is 3.77. The van der Waals surface area contributed by atoms with Crippen molar-refractivity contribution in [1.82, 2.24) is 20.9 Å². The van der Waals surface area contributed by atoms with Gasteiger partial charge < -0.3 is 4.74 Å². The van der Waals surface area contributed by atoms with Crippen molar-refractivity contribution in [2.45, 2.75) is 58.0 Å². The lowest BCUT2D eigenvalue weighted by atomic mass is 9.98. The van der Waals surface area contributed by atoms with E-state index in [1.54, 1.807) is 12.3 Å². The number of nitrogens with one attached hydrogen (secondary N) is 2. The number of hydrogen-bond acceptors (Lipinski definition) is 7. The number of halogens is 4. The third-order valence-electron chi connectivity index (χ3n) is 7.57. The zero-order chi connectivity index (χ0) is 30.5. The quantitative estimate of drug-likeness (QED) is 0.0547. The number of fused-ring (bicyclic) bond motifs is 1. The first-order valence-electron chi connectivity index (χ1n) is 13.8. The van der Waals surface area contributed by atoms with Gasteiger partial charge >= 0.3 is 6.18 Å². The number of aryl methyl sites for hydroxylation is 2. The minimum atomic E-state index is -4.44. The zero-order valence-corrected chi connectivity index (χ0v) is 23.7. The molecule has 0 unspecified atom stereocenters. The number of carbonyl (C=O) groups excluding carboxylic acids is 1. The first-order valence-corrected chi connectivity index (χ1v) is 13.8. The van der Waals surface area contributed by atoms with Crippen LogP contribution in [0, 0.1) is 11.2 Å². The van der Waals surface area contributed by atoms with E-state index in [-0.39, 0.29) is 48.4 Å². The number of Topliss-reactive ketones (excluding diaryl/α,β-unsaturated/α-hetero) is 1. The van der Waals surface area contributed by atoms with Crippen LogP contribution in [0.2, 0.25) is 0 Å². The number of benzene rings is 2. The standard InChI is InChI=1S/C31H35F4N5O2/c1-4-20-16-27-26(17-21(20)6-5-11-38-40-36)37-18-28(39-27)23-8-7-22(25(32)15-23)14-24(41)12-19(2)13-29(42-3)30(9-10-30)31(33,34)35/h7-8,13,15-18,38,40H,2,4-6,9-12,14,36H2,1,3H3/b29-13-. The lowest BCUT2D eigenvalue weighted by Gasteiger charge is -2.21. The molecule has 1 heterocycles. The van der Waals surface area contributed by atoms with Crippen LogP contribution >= 0.6 is 0 Å². The summed E-state index contributed by atoms with van der Waals surface area (Å²) in [5, 5.41) is 0. The summed E-state index contributed by atoms with van der Waals surface area (Å²) in [6.45, 7) is 6.52. The molecule has 4 rings (SSSR count). The summed E-state index contributed by atoms with van der Waals surface area (Å²) in [4.78, 5) is 21.9. The summed E-state index contributed by atoms with van der Waals surface area (Å²) in [5.41, 5.74) is 8.44. The Kier molecular flexibility index (Phi) is 9.75. The maximum Gasteiger partial charge on any atom is 0.401 e. The Morgan fingerprint density at radius 1 is 1.17 bits per heavy atom. The van der Waals surface area contributed by atoms with E-state index in [9.17, 15) is 18.0 Å². The molecule has 1 aromatic heterocycles. The second-order valence-electron chi connectivity index (χ2n) is 10.5. The Morgan fingerprint density at radius 3 is 2.52 bits per heavy atom. The molecule has 0 bridgehead atoms. The summed E-state index contributed by atoms with van der Waals surface area (Å²) in [7, 11) is 1.17. The molecule has 1 aliphatic carbocycles. The van der Waals surface area contributed by atoms with Crippen molar-refractivity contribution in [3.63, 3.8) is 0 Å². The highest BCUT2D eigenvalue weighted by Crippen LogP contribution is 2.62. The summed E-state index contributed by atoms with van der Waals surface area (Å²) in [5.74, 6) is 4.03. The molecule has 42 heavy (non-hydrogen) atoms. The maximum absolute atomic E-state index is 15.1. The highest BCUT2D eigenvalue weighted by Gasteiger charge is 2.66. The number of allylic oxidation sites excluding steroid dienone is 3. The molecule has 0 spiro atoms. The van der Waals surface area contributed by atoms with Gasteiger partial charge in [-0.1, -0.05) is 25.6 Å². The van der Waals surface area contributed by atoms with Gasteiger partial charge in [-0.15, -0.1) is 0 Å². The smallest absolute Gasteiger partial charge is 0.401 e. The Bertz CT molecular complexity index is 1500. The Morgan fingerprint density at radius 2 is 1.90 bits per heavy atom. The molecular formula is C31H35F4N5O2. The van der Waals surface area contributed by atoms with Crippen molar-refractivity contribution < 1.29 is 27.1 Å². The fraction of sp³-hybridized carbons (Fsp3) is 0.387. The van der Waals surface area contributed by atoms with Crippen molar-refractivity contribution in [1.29, 1.82) is 0 Å². The number of nitrogens with two attached hydrogens (primary N) is 1. The van der Waals surface area contributed by atoms with Crippen LogP contribution in [0.15, 0.2) is 60.5 Å². The van der Waals surface area contributed by atoms with Crippen molar-refractivity contribution >= 4 is 16.8 Å². The SMILES string of the molecule is C=C(/C=C(\OC)C1(C(F)(F)F)CC1)CC(=O)Cc1ccc(-c2cnc3cc(CCCNNN)c(CC)cc3n2)cc1F. The second-order valence-corrected chi connectivity index (χ2v) is 10.5. The highest BCUT2D eigenvalue weighted by atomic mass is 19.4. The molecule has 2 aromatic carbocycles. The van der Waals surface area contributed by atoms with E-state index in [1.807, 2.05) is 12.1 Å².